The van der Waals surface area contributed by atoms with Gasteiger partial charge in [-0.25, -0.2) is 0 Å². The lowest BCUT2D eigenvalue weighted by Crippen LogP contribution is -2.16. The minimum absolute atomic E-state index is 0.133. The molecule has 1 rings (SSSR count). The van der Waals surface area contributed by atoms with Crippen LogP contribution in [-0.2, 0) is 6.18 Å². The van der Waals surface area contributed by atoms with E-state index in [1.165, 1.54) is 0 Å². The molecule has 0 radical (unpaired) electrons. The SMILES string of the molecule is CCCC(N)C#Cc1cnccc1C(F)(F)F. The van der Waals surface area contributed by atoms with E-state index in [1.807, 2.05) is 6.92 Å². The molecule has 0 saturated heterocycles. The molecule has 2 nitrogen and oxygen atoms in total. The van der Waals surface area contributed by atoms with Gasteiger partial charge in [0.05, 0.1) is 17.2 Å². The summed E-state index contributed by atoms with van der Waals surface area (Å²) < 4.78 is 37.8. The topological polar surface area (TPSA) is 38.9 Å². The van der Waals surface area contributed by atoms with E-state index in [0.717, 1.165) is 24.9 Å². The van der Waals surface area contributed by atoms with Crippen molar-refractivity contribution in [1.82, 2.24) is 4.98 Å². The van der Waals surface area contributed by atoms with E-state index in [1.54, 1.807) is 0 Å². The molecule has 5 heteroatoms. The first kappa shape index (κ1) is 13.5. The third kappa shape index (κ3) is 4.08. The van der Waals surface area contributed by atoms with Crippen LogP contribution in [0.3, 0.4) is 0 Å². The molecule has 0 bridgehead atoms. The summed E-state index contributed by atoms with van der Waals surface area (Å²) in [6.45, 7) is 1.94. The van der Waals surface area contributed by atoms with Gasteiger partial charge >= 0.3 is 6.18 Å². The zero-order chi connectivity index (χ0) is 12.9. The molecule has 0 aliphatic heterocycles. The molecular weight excluding hydrogens is 229 g/mol. The number of hydrogen-bond acceptors (Lipinski definition) is 2. The Morgan fingerprint density at radius 2 is 2.18 bits per heavy atom. The molecule has 1 aromatic rings. The average molecular weight is 242 g/mol. The van der Waals surface area contributed by atoms with Crippen molar-refractivity contribution < 1.29 is 13.2 Å². The summed E-state index contributed by atoms with van der Waals surface area (Å²) in [6, 6.07) is 0.510. The molecule has 1 atom stereocenters. The van der Waals surface area contributed by atoms with Crippen molar-refractivity contribution in [2.75, 3.05) is 0 Å². The van der Waals surface area contributed by atoms with Crippen molar-refractivity contribution in [3.8, 4) is 11.8 Å². The summed E-state index contributed by atoms with van der Waals surface area (Å²) in [6.07, 6.45) is -0.708. The molecule has 1 heterocycles. The predicted octanol–water partition coefficient (Wildman–Crippen LogP) is 2.58. The Balaban J connectivity index is 2.99. The van der Waals surface area contributed by atoms with Gasteiger partial charge in [0.15, 0.2) is 0 Å². The van der Waals surface area contributed by atoms with Crippen molar-refractivity contribution in [2.45, 2.75) is 32.0 Å². The second-order valence-corrected chi connectivity index (χ2v) is 3.58. The van der Waals surface area contributed by atoms with Crippen LogP contribution in [0.25, 0.3) is 0 Å². The second-order valence-electron chi connectivity index (χ2n) is 3.58. The highest BCUT2D eigenvalue weighted by Crippen LogP contribution is 2.30. The fraction of sp³-hybridized carbons (Fsp3) is 0.417. The fourth-order valence-electron chi connectivity index (χ4n) is 1.29. The predicted molar refractivity (Wildman–Crippen MR) is 59.0 cm³/mol. The van der Waals surface area contributed by atoms with Gasteiger partial charge in [-0.15, -0.1) is 0 Å². The monoisotopic (exact) mass is 242 g/mol. The maximum Gasteiger partial charge on any atom is 0.417 e. The lowest BCUT2D eigenvalue weighted by Gasteiger charge is -2.08. The van der Waals surface area contributed by atoms with Crippen molar-refractivity contribution >= 4 is 0 Å². The Bertz CT molecular complexity index is 429. The Labute approximate surface area is 98.0 Å². The highest BCUT2D eigenvalue weighted by molar-refractivity contribution is 5.41. The Hall–Kier alpha value is -1.54. The first-order valence-corrected chi connectivity index (χ1v) is 5.23. The molecule has 0 spiro atoms. The van der Waals surface area contributed by atoms with Crippen LogP contribution in [0, 0.1) is 11.8 Å². The van der Waals surface area contributed by atoms with E-state index in [2.05, 4.69) is 16.8 Å². The molecule has 92 valence electrons. The normalized spacial score (nSPS) is 12.8. The summed E-state index contributed by atoms with van der Waals surface area (Å²) in [5.41, 5.74) is 4.71. The van der Waals surface area contributed by atoms with Crippen LogP contribution in [-0.4, -0.2) is 11.0 Å². The van der Waals surface area contributed by atoms with Gasteiger partial charge < -0.3 is 5.73 Å². The molecule has 0 aliphatic carbocycles. The van der Waals surface area contributed by atoms with Crippen LogP contribution < -0.4 is 5.73 Å². The number of rotatable bonds is 2. The van der Waals surface area contributed by atoms with Crippen LogP contribution in [0.5, 0.6) is 0 Å². The van der Waals surface area contributed by atoms with Gasteiger partial charge in [0, 0.05) is 12.4 Å². The molecule has 17 heavy (non-hydrogen) atoms. The van der Waals surface area contributed by atoms with Crippen LogP contribution in [0.1, 0.15) is 30.9 Å². The van der Waals surface area contributed by atoms with E-state index in [4.69, 9.17) is 5.73 Å². The summed E-state index contributed by atoms with van der Waals surface area (Å²) in [5.74, 6) is 5.05. The molecular formula is C12H13F3N2. The van der Waals surface area contributed by atoms with Crippen LogP contribution in [0.4, 0.5) is 13.2 Å². The number of nitrogens with zero attached hydrogens (tertiary/aromatic N) is 1. The molecule has 0 fully saturated rings. The van der Waals surface area contributed by atoms with Crippen molar-refractivity contribution in [1.29, 1.82) is 0 Å². The molecule has 0 saturated carbocycles. The fourth-order valence-corrected chi connectivity index (χ4v) is 1.29. The van der Waals surface area contributed by atoms with Crippen molar-refractivity contribution in [3.63, 3.8) is 0 Å². The zero-order valence-electron chi connectivity index (χ0n) is 9.38. The Morgan fingerprint density at radius 1 is 1.47 bits per heavy atom. The van der Waals surface area contributed by atoms with Gasteiger partial charge in [-0.3, -0.25) is 4.98 Å². The summed E-state index contributed by atoms with van der Waals surface area (Å²) in [7, 11) is 0. The van der Waals surface area contributed by atoms with Crippen LogP contribution in [0.2, 0.25) is 0 Å². The quantitative estimate of drug-likeness (QED) is 0.809. The van der Waals surface area contributed by atoms with Gasteiger partial charge in [-0.1, -0.05) is 25.2 Å². The number of nitrogens with two attached hydrogens (primary N) is 1. The maximum absolute atomic E-state index is 12.6. The van der Waals surface area contributed by atoms with Crippen molar-refractivity contribution in [3.05, 3.63) is 29.6 Å². The van der Waals surface area contributed by atoms with E-state index in [-0.39, 0.29) is 5.56 Å². The number of hydrogen-bond donors (Lipinski definition) is 1. The molecule has 1 unspecified atom stereocenters. The molecule has 0 aromatic carbocycles. The zero-order valence-corrected chi connectivity index (χ0v) is 9.38. The van der Waals surface area contributed by atoms with Crippen LogP contribution in [0.15, 0.2) is 18.5 Å². The molecule has 0 amide bonds. The highest BCUT2D eigenvalue weighted by Gasteiger charge is 2.32. The summed E-state index contributed by atoms with van der Waals surface area (Å²) in [4.78, 5) is 3.64. The number of pyridine rings is 1. The third-order valence-corrected chi connectivity index (χ3v) is 2.12. The van der Waals surface area contributed by atoms with E-state index >= 15 is 0 Å². The Morgan fingerprint density at radius 3 is 2.76 bits per heavy atom. The first-order chi connectivity index (χ1) is 7.95. The third-order valence-electron chi connectivity index (χ3n) is 2.12. The Kier molecular flexibility index (Phi) is 4.53. The molecule has 1 aromatic heterocycles. The van der Waals surface area contributed by atoms with Gasteiger partial charge in [0.1, 0.15) is 0 Å². The standard InChI is InChI=1S/C12H13F3N2/c1-2-3-10(16)5-4-9-8-17-7-6-11(9)12(13,14)15/h6-8,10H,2-3,16H2,1H3. The second kappa shape index (κ2) is 5.69. The largest absolute Gasteiger partial charge is 0.417 e. The van der Waals surface area contributed by atoms with Gasteiger partial charge in [-0.05, 0) is 12.5 Å². The van der Waals surface area contributed by atoms with Gasteiger partial charge in [0.25, 0.3) is 0 Å². The lowest BCUT2D eigenvalue weighted by molar-refractivity contribution is -0.137. The minimum Gasteiger partial charge on any atom is -0.318 e. The lowest BCUT2D eigenvalue weighted by atomic mass is 10.1. The van der Waals surface area contributed by atoms with E-state index < -0.39 is 17.8 Å². The first-order valence-electron chi connectivity index (χ1n) is 5.23. The minimum atomic E-state index is -4.41. The van der Waals surface area contributed by atoms with E-state index in [0.29, 0.717) is 6.42 Å². The number of alkyl halides is 3. The summed E-state index contributed by atoms with van der Waals surface area (Å²) in [5, 5.41) is 0. The number of halogens is 3. The highest BCUT2D eigenvalue weighted by atomic mass is 19.4. The van der Waals surface area contributed by atoms with Gasteiger partial charge in [0.2, 0.25) is 0 Å². The smallest absolute Gasteiger partial charge is 0.318 e. The van der Waals surface area contributed by atoms with Crippen molar-refractivity contribution in [2.24, 2.45) is 5.73 Å². The molecule has 2 N–H and O–H groups in total. The molecule has 0 aliphatic rings. The summed E-state index contributed by atoms with van der Waals surface area (Å²) >= 11 is 0. The van der Waals surface area contributed by atoms with Crippen LogP contribution >= 0.6 is 0 Å². The average Bonchev–Trinajstić information content (AvgIpc) is 2.26. The van der Waals surface area contributed by atoms with E-state index in [9.17, 15) is 13.2 Å². The maximum atomic E-state index is 12.6. The van der Waals surface area contributed by atoms with Gasteiger partial charge in [-0.2, -0.15) is 13.2 Å². The number of aromatic nitrogens is 1.